The SMILES string of the molecule is CCCNC(=O)[C@H](Cc1ccccc1)N(Cc1c(Cl)cccc1Cl)C(=O)CN(c1cccc(OC)c1)S(C)(=O)=O. The highest BCUT2D eigenvalue weighted by Crippen LogP contribution is 2.28. The van der Waals surface area contributed by atoms with E-state index in [0.717, 1.165) is 16.1 Å². The van der Waals surface area contributed by atoms with Crippen LogP contribution in [0.2, 0.25) is 10.0 Å². The molecule has 0 aromatic heterocycles. The summed E-state index contributed by atoms with van der Waals surface area (Å²) in [6, 6.07) is 19.7. The molecule has 0 radical (unpaired) electrons. The largest absolute Gasteiger partial charge is 0.497 e. The number of hydrogen-bond acceptors (Lipinski definition) is 5. The summed E-state index contributed by atoms with van der Waals surface area (Å²) in [5.41, 5.74) is 1.53. The fourth-order valence-corrected chi connectivity index (χ4v) is 5.51. The monoisotopic (exact) mass is 605 g/mol. The van der Waals surface area contributed by atoms with E-state index in [4.69, 9.17) is 27.9 Å². The molecule has 0 spiro atoms. The number of ether oxygens (including phenoxy) is 1. The number of amides is 2. The molecule has 0 aliphatic rings. The molecule has 40 heavy (non-hydrogen) atoms. The minimum atomic E-state index is -3.90. The summed E-state index contributed by atoms with van der Waals surface area (Å²) < 4.78 is 32.0. The summed E-state index contributed by atoms with van der Waals surface area (Å²) in [6.07, 6.45) is 1.92. The van der Waals surface area contributed by atoms with Crippen LogP contribution in [0, 0.1) is 0 Å². The number of anilines is 1. The lowest BCUT2D eigenvalue weighted by Gasteiger charge is -2.34. The van der Waals surface area contributed by atoms with Crippen molar-refractivity contribution >= 4 is 50.7 Å². The van der Waals surface area contributed by atoms with Crippen LogP contribution in [0.3, 0.4) is 0 Å². The zero-order valence-electron chi connectivity index (χ0n) is 22.6. The zero-order valence-corrected chi connectivity index (χ0v) is 25.0. The smallest absolute Gasteiger partial charge is 0.244 e. The number of nitrogens with one attached hydrogen (secondary N) is 1. The fraction of sp³-hybridized carbons (Fsp3) is 0.310. The molecule has 3 aromatic carbocycles. The van der Waals surface area contributed by atoms with Crippen molar-refractivity contribution in [2.75, 3.05) is 30.8 Å². The van der Waals surface area contributed by atoms with Gasteiger partial charge in [0.05, 0.1) is 19.1 Å². The first-order valence-corrected chi connectivity index (χ1v) is 15.3. The van der Waals surface area contributed by atoms with Gasteiger partial charge in [0.1, 0.15) is 18.3 Å². The molecule has 3 aromatic rings. The second kappa shape index (κ2) is 14.4. The number of sulfonamides is 1. The van der Waals surface area contributed by atoms with E-state index in [2.05, 4.69) is 5.32 Å². The van der Waals surface area contributed by atoms with Gasteiger partial charge >= 0.3 is 0 Å². The summed E-state index contributed by atoms with van der Waals surface area (Å²) >= 11 is 12.9. The maximum atomic E-state index is 14.1. The average Bonchev–Trinajstić information content (AvgIpc) is 2.93. The summed E-state index contributed by atoms with van der Waals surface area (Å²) in [4.78, 5) is 29.0. The molecule has 3 rings (SSSR count). The second-order valence-corrected chi connectivity index (χ2v) is 11.9. The molecule has 11 heteroatoms. The van der Waals surface area contributed by atoms with Crippen LogP contribution in [0.25, 0.3) is 0 Å². The van der Waals surface area contributed by atoms with Gasteiger partial charge in [0, 0.05) is 41.2 Å². The Hall–Kier alpha value is -3.27. The molecule has 0 saturated carbocycles. The van der Waals surface area contributed by atoms with Crippen LogP contribution in [-0.2, 0) is 32.6 Å². The maximum Gasteiger partial charge on any atom is 0.244 e. The first kappa shape index (κ1) is 31.3. The van der Waals surface area contributed by atoms with Gasteiger partial charge in [-0.1, -0.05) is 72.6 Å². The molecule has 0 unspecified atom stereocenters. The highest BCUT2D eigenvalue weighted by molar-refractivity contribution is 7.92. The molecule has 8 nitrogen and oxygen atoms in total. The van der Waals surface area contributed by atoms with Crippen LogP contribution < -0.4 is 14.4 Å². The van der Waals surface area contributed by atoms with Gasteiger partial charge in [-0.25, -0.2) is 8.42 Å². The predicted molar refractivity (Wildman–Crippen MR) is 159 cm³/mol. The Morgan fingerprint density at radius 3 is 2.23 bits per heavy atom. The Labute approximate surface area is 245 Å². The van der Waals surface area contributed by atoms with Gasteiger partial charge in [-0.15, -0.1) is 0 Å². The van der Waals surface area contributed by atoms with Crippen molar-refractivity contribution in [3.8, 4) is 5.75 Å². The second-order valence-electron chi connectivity index (χ2n) is 9.19. The molecule has 0 aliphatic heterocycles. The summed E-state index contributed by atoms with van der Waals surface area (Å²) in [7, 11) is -2.44. The van der Waals surface area contributed by atoms with Crippen LogP contribution in [0.1, 0.15) is 24.5 Å². The number of nitrogens with zero attached hydrogens (tertiary/aromatic N) is 2. The number of carbonyl (C=O) groups excluding carboxylic acids is 2. The Bertz CT molecular complexity index is 1400. The van der Waals surface area contributed by atoms with Crippen LogP contribution in [0.15, 0.2) is 72.8 Å². The third kappa shape index (κ3) is 8.36. The first-order chi connectivity index (χ1) is 19.0. The van der Waals surface area contributed by atoms with Crippen LogP contribution in [0.4, 0.5) is 5.69 Å². The van der Waals surface area contributed by atoms with E-state index in [-0.39, 0.29) is 24.6 Å². The lowest BCUT2D eigenvalue weighted by Crippen LogP contribution is -2.53. The summed E-state index contributed by atoms with van der Waals surface area (Å²) in [6.45, 7) is 1.68. The molecule has 2 amide bonds. The van der Waals surface area contributed by atoms with Gasteiger partial charge in [0.2, 0.25) is 21.8 Å². The Morgan fingerprint density at radius 2 is 1.62 bits per heavy atom. The van der Waals surface area contributed by atoms with Crippen molar-refractivity contribution < 1.29 is 22.7 Å². The summed E-state index contributed by atoms with van der Waals surface area (Å²) in [5, 5.41) is 3.54. The molecule has 0 fully saturated rings. The van der Waals surface area contributed by atoms with Crippen LogP contribution >= 0.6 is 23.2 Å². The van der Waals surface area contributed by atoms with Crippen molar-refractivity contribution in [3.63, 3.8) is 0 Å². The highest BCUT2D eigenvalue weighted by Gasteiger charge is 2.33. The highest BCUT2D eigenvalue weighted by atomic mass is 35.5. The number of rotatable bonds is 13. The predicted octanol–water partition coefficient (Wildman–Crippen LogP) is 4.93. The fourth-order valence-electron chi connectivity index (χ4n) is 4.15. The first-order valence-electron chi connectivity index (χ1n) is 12.7. The van der Waals surface area contributed by atoms with Crippen molar-refractivity contribution in [1.82, 2.24) is 10.2 Å². The molecule has 214 valence electrons. The van der Waals surface area contributed by atoms with Crippen molar-refractivity contribution in [2.45, 2.75) is 32.4 Å². The van der Waals surface area contributed by atoms with Gasteiger partial charge in [-0.05, 0) is 36.2 Å². The van der Waals surface area contributed by atoms with Crippen molar-refractivity contribution in [1.29, 1.82) is 0 Å². The zero-order chi connectivity index (χ0) is 29.3. The van der Waals surface area contributed by atoms with E-state index in [1.165, 1.54) is 18.1 Å². The Morgan fingerprint density at radius 1 is 0.975 bits per heavy atom. The summed E-state index contributed by atoms with van der Waals surface area (Å²) in [5.74, 6) is -0.537. The van der Waals surface area contributed by atoms with E-state index in [1.807, 2.05) is 37.3 Å². The van der Waals surface area contributed by atoms with Crippen LogP contribution in [-0.4, -0.2) is 57.6 Å². The third-order valence-electron chi connectivity index (χ3n) is 6.23. The number of halogens is 2. The lowest BCUT2D eigenvalue weighted by molar-refractivity contribution is -0.140. The molecule has 1 N–H and O–H groups in total. The molecule has 0 aliphatic carbocycles. The standard InChI is InChI=1S/C29H33Cl2N3O5S/c1-4-16-32-29(36)27(17-21-10-6-5-7-11-21)33(19-24-25(30)14-9-15-26(24)31)28(35)20-34(40(3,37)38)22-12-8-13-23(18-22)39-2/h5-15,18,27H,4,16-17,19-20H2,1-3H3,(H,32,36)/t27-/m0/s1. The number of benzene rings is 3. The van der Waals surface area contributed by atoms with E-state index in [9.17, 15) is 18.0 Å². The maximum absolute atomic E-state index is 14.1. The third-order valence-corrected chi connectivity index (χ3v) is 8.08. The van der Waals surface area contributed by atoms with E-state index in [0.29, 0.717) is 34.3 Å². The van der Waals surface area contributed by atoms with Gasteiger partial charge in [-0.3, -0.25) is 13.9 Å². The lowest BCUT2D eigenvalue weighted by atomic mass is 10.0. The molecular weight excluding hydrogens is 573 g/mol. The van der Waals surface area contributed by atoms with E-state index < -0.39 is 28.5 Å². The molecular formula is C29H33Cl2N3O5S. The molecule has 0 bridgehead atoms. The van der Waals surface area contributed by atoms with Gasteiger partial charge < -0.3 is 15.0 Å². The van der Waals surface area contributed by atoms with E-state index >= 15 is 0 Å². The average molecular weight is 607 g/mol. The molecule has 1 atom stereocenters. The number of methoxy groups -OCH3 is 1. The Balaban J connectivity index is 2.09. The quantitative estimate of drug-likeness (QED) is 0.298. The number of hydrogen-bond donors (Lipinski definition) is 1. The van der Waals surface area contributed by atoms with E-state index in [1.54, 1.807) is 36.4 Å². The van der Waals surface area contributed by atoms with Crippen molar-refractivity contribution in [3.05, 3.63) is 94.0 Å². The minimum absolute atomic E-state index is 0.107. The van der Waals surface area contributed by atoms with Crippen LogP contribution in [0.5, 0.6) is 5.75 Å². The number of carbonyl (C=O) groups is 2. The normalized spacial score (nSPS) is 11.9. The molecule has 0 saturated heterocycles. The molecule has 0 heterocycles. The minimum Gasteiger partial charge on any atom is -0.497 e. The van der Waals surface area contributed by atoms with Gasteiger partial charge in [-0.2, -0.15) is 0 Å². The Kier molecular flexibility index (Phi) is 11.2. The topological polar surface area (TPSA) is 96.0 Å². The van der Waals surface area contributed by atoms with Crippen molar-refractivity contribution in [2.24, 2.45) is 0 Å². The van der Waals surface area contributed by atoms with Gasteiger partial charge in [0.25, 0.3) is 0 Å². The van der Waals surface area contributed by atoms with Gasteiger partial charge in [0.15, 0.2) is 0 Å².